The Labute approximate surface area is 152 Å². The standard InChI is InChI=1S/C19H23N3O2S/c1-24-15-6-7-16-13(10-15)4-2-5-17(16)21-18(23)11-14-12-25-19-20-8-3-9-22(14)19/h6-7,10,12,17H,2-5,8-9,11H2,1H3,(H,21,23)/t17-/m1/s1. The van der Waals surface area contributed by atoms with Gasteiger partial charge in [-0.15, -0.1) is 0 Å². The van der Waals surface area contributed by atoms with Crippen LogP contribution in [0.3, 0.4) is 0 Å². The molecule has 0 spiro atoms. The smallest absolute Gasteiger partial charge is 0.226 e. The summed E-state index contributed by atoms with van der Waals surface area (Å²) in [4.78, 5) is 19.3. The average Bonchev–Trinajstić information content (AvgIpc) is 3.04. The molecule has 0 saturated heterocycles. The van der Waals surface area contributed by atoms with Crippen LogP contribution in [0.25, 0.3) is 0 Å². The summed E-state index contributed by atoms with van der Waals surface area (Å²) in [5.41, 5.74) is 3.60. The molecular formula is C19H23N3O2S. The molecule has 0 fully saturated rings. The van der Waals surface area contributed by atoms with Crippen molar-refractivity contribution in [1.82, 2.24) is 10.2 Å². The SMILES string of the molecule is COc1ccc2c(c1)CCC[C@H]2NC(=O)CC1=CSC2=NCCCN12. The number of rotatable bonds is 4. The van der Waals surface area contributed by atoms with Gasteiger partial charge in [0, 0.05) is 18.8 Å². The van der Waals surface area contributed by atoms with E-state index >= 15 is 0 Å². The first-order valence-corrected chi connectivity index (χ1v) is 9.76. The molecule has 1 N–H and O–H groups in total. The Morgan fingerprint density at radius 2 is 2.36 bits per heavy atom. The van der Waals surface area contributed by atoms with Gasteiger partial charge >= 0.3 is 0 Å². The molecule has 6 heteroatoms. The fourth-order valence-electron chi connectivity index (χ4n) is 3.75. The van der Waals surface area contributed by atoms with E-state index in [0.717, 1.165) is 55.4 Å². The van der Waals surface area contributed by atoms with Crippen LogP contribution in [0.5, 0.6) is 5.75 Å². The van der Waals surface area contributed by atoms with E-state index in [-0.39, 0.29) is 11.9 Å². The minimum atomic E-state index is 0.0901. The number of fused-ring (bicyclic) bond motifs is 2. The minimum Gasteiger partial charge on any atom is -0.497 e. The number of benzene rings is 1. The van der Waals surface area contributed by atoms with Gasteiger partial charge in [-0.25, -0.2) is 0 Å². The van der Waals surface area contributed by atoms with Crippen molar-refractivity contribution in [3.05, 3.63) is 40.4 Å². The van der Waals surface area contributed by atoms with E-state index in [4.69, 9.17) is 4.74 Å². The zero-order chi connectivity index (χ0) is 17.2. The Morgan fingerprint density at radius 3 is 3.24 bits per heavy atom. The first kappa shape index (κ1) is 16.5. The van der Waals surface area contributed by atoms with Gasteiger partial charge in [0.05, 0.1) is 19.6 Å². The third-order valence-electron chi connectivity index (χ3n) is 5.01. The van der Waals surface area contributed by atoms with Crippen molar-refractivity contribution in [3.8, 4) is 5.75 Å². The van der Waals surface area contributed by atoms with E-state index in [1.165, 1.54) is 11.1 Å². The number of hydrogen-bond donors (Lipinski definition) is 1. The largest absolute Gasteiger partial charge is 0.497 e. The van der Waals surface area contributed by atoms with E-state index in [9.17, 15) is 4.79 Å². The Bertz CT molecular complexity index is 744. The van der Waals surface area contributed by atoms with E-state index in [1.807, 2.05) is 6.07 Å². The monoisotopic (exact) mass is 357 g/mol. The number of amides is 1. The molecule has 1 aromatic carbocycles. The molecule has 0 radical (unpaired) electrons. The number of aryl methyl sites for hydroxylation is 1. The third kappa shape index (κ3) is 3.40. The first-order valence-electron chi connectivity index (χ1n) is 8.88. The van der Waals surface area contributed by atoms with Gasteiger partial charge in [0.1, 0.15) is 5.75 Å². The fraction of sp³-hybridized carbons (Fsp3) is 0.474. The second kappa shape index (κ2) is 7.12. The van der Waals surface area contributed by atoms with Gasteiger partial charge in [-0.3, -0.25) is 9.79 Å². The van der Waals surface area contributed by atoms with E-state index < -0.39 is 0 Å². The zero-order valence-electron chi connectivity index (χ0n) is 14.5. The van der Waals surface area contributed by atoms with Gasteiger partial charge in [-0.05, 0) is 54.4 Å². The van der Waals surface area contributed by atoms with Crippen molar-refractivity contribution in [2.45, 2.75) is 38.1 Å². The number of nitrogens with zero attached hydrogens (tertiary/aromatic N) is 2. The summed E-state index contributed by atoms with van der Waals surface area (Å²) < 4.78 is 5.32. The van der Waals surface area contributed by atoms with E-state index in [0.29, 0.717) is 6.42 Å². The molecule has 0 unspecified atom stereocenters. The van der Waals surface area contributed by atoms with Crippen LogP contribution < -0.4 is 10.1 Å². The number of methoxy groups -OCH3 is 1. The molecule has 0 aromatic heterocycles. The number of ether oxygens (including phenoxy) is 1. The zero-order valence-corrected chi connectivity index (χ0v) is 15.3. The highest BCUT2D eigenvalue weighted by molar-refractivity contribution is 8.16. The van der Waals surface area contributed by atoms with Crippen LogP contribution in [0, 0.1) is 0 Å². The molecule has 2 aliphatic heterocycles. The molecule has 1 aromatic rings. The number of amidine groups is 1. The maximum absolute atomic E-state index is 12.6. The van der Waals surface area contributed by atoms with Gasteiger partial charge in [0.15, 0.2) is 5.17 Å². The van der Waals surface area contributed by atoms with Crippen LogP contribution in [0.4, 0.5) is 0 Å². The normalized spacial score (nSPS) is 21.8. The van der Waals surface area contributed by atoms with Gasteiger partial charge in [-0.1, -0.05) is 17.8 Å². The molecule has 5 nitrogen and oxygen atoms in total. The predicted molar refractivity (Wildman–Crippen MR) is 101 cm³/mol. The molecular weight excluding hydrogens is 334 g/mol. The number of carbonyl (C=O) groups is 1. The third-order valence-corrected chi connectivity index (χ3v) is 5.96. The van der Waals surface area contributed by atoms with Crippen LogP contribution in [-0.4, -0.2) is 36.2 Å². The van der Waals surface area contributed by atoms with Crippen molar-refractivity contribution in [3.63, 3.8) is 0 Å². The molecule has 4 rings (SSSR count). The predicted octanol–water partition coefficient (Wildman–Crippen LogP) is 3.23. The van der Waals surface area contributed by atoms with Gasteiger partial charge in [-0.2, -0.15) is 0 Å². The number of thioether (sulfide) groups is 1. The first-order chi connectivity index (χ1) is 12.2. The highest BCUT2D eigenvalue weighted by Gasteiger charge is 2.28. The fourth-order valence-corrected chi connectivity index (χ4v) is 4.70. The maximum Gasteiger partial charge on any atom is 0.226 e. The summed E-state index contributed by atoms with van der Waals surface area (Å²) in [6, 6.07) is 6.28. The minimum absolute atomic E-state index is 0.0901. The Kier molecular flexibility index (Phi) is 4.70. The second-order valence-electron chi connectivity index (χ2n) is 6.65. The van der Waals surface area contributed by atoms with E-state index in [2.05, 4.69) is 32.7 Å². The lowest BCUT2D eigenvalue weighted by Gasteiger charge is -2.28. The van der Waals surface area contributed by atoms with Crippen molar-refractivity contribution in [1.29, 1.82) is 0 Å². The lowest BCUT2D eigenvalue weighted by Crippen LogP contribution is -2.35. The van der Waals surface area contributed by atoms with Crippen molar-refractivity contribution < 1.29 is 9.53 Å². The molecule has 0 bridgehead atoms. The van der Waals surface area contributed by atoms with Crippen molar-refractivity contribution in [2.24, 2.45) is 4.99 Å². The van der Waals surface area contributed by atoms with Gasteiger partial charge in [0.25, 0.3) is 0 Å². The molecule has 1 atom stereocenters. The molecule has 1 amide bonds. The lowest BCUT2D eigenvalue weighted by atomic mass is 9.87. The number of carbonyl (C=O) groups excluding carboxylic acids is 1. The maximum atomic E-state index is 12.6. The topological polar surface area (TPSA) is 53.9 Å². The molecule has 132 valence electrons. The van der Waals surface area contributed by atoms with Crippen LogP contribution in [-0.2, 0) is 11.2 Å². The molecule has 2 heterocycles. The number of aliphatic imine (C=N–C) groups is 1. The van der Waals surface area contributed by atoms with Gasteiger partial charge in [0.2, 0.25) is 5.91 Å². The molecule has 0 saturated carbocycles. The average molecular weight is 357 g/mol. The Morgan fingerprint density at radius 1 is 1.44 bits per heavy atom. The lowest BCUT2D eigenvalue weighted by molar-refractivity contribution is -0.121. The van der Waals surface area contributed by atoms with E-state index in [1.54, 1.807) is 18.9 Å². The Balaban J connectivity index is 1.42. The second-order valence-corrected chi connectivity index (χ2v) is 7.49. The number of nitrogens with one attached hydrogen (secondary N) is 1. The molecule has 3 aliphatic rings. The summed E-state index contributed by atoms with van der Waals surface area (Å²) in [5.74, 6) is 0.975. The van der Waals surface area contributed by atoms with Crippen LogP contribution in [0.1, 0.15) is 42.9 Å². The van der Waals surface area contributed by atoms with Crippen molar-refractivity contribution in [2.75, 3.05) is 20.2 Å². The van der Waals surface area contributed by atoms with Crippen LogP contribution in [0.15, 0.2) is 34.3 Å². The van der Waals surface area contributed by atoms with Gasteiger partial charge < -0.3 is 15.0 Å². The summed E-state index contributed by atoms with van der Waals surface area (Å²) >= 11 is 1.64. The molecule has 1 aliphatic carbocycles. The summed E-state index contributed by atoms with van der Waals surface area (Å²) in [6.45, 7) is 1.87. The number of hydrogen-bond acceptors (Lipinski definition) is 5. The summed E-state index contributed by atoms with van der Waals surface area (Å²) in [7, 11) is 1.69. The molecule has 25 heavy (non-hydrogen) atoms. The highest BCUT2D eigenvalue weighted by atomic mass is 32.2. The van der Waals surface area contributed by atoms with Crippen LogP contribution in [0.2, 0.25) is 0 Å². The summed E-state index contributed by atoms with van der Waals surface area (Å²) in [6.07, 6.45) is 4.62. The Hall–Kier alpha value is -1.95. The summed E-state index contributed by atoms with van der Waals surface area (Å²) in [5, 5.41) is 6.36. The van der Waals surface area contributed by atoms with Crippen LogP contribution >= 0.6 is 11.8 Å². The highest BCUT2D eigenvalue weighted by Crippen LogP contribution is 2.33. The van der Waals surface area contributed by atoms with Crippen molar-refractivity contribution >= 4 is 22.8 Å². The quantitative estimate of drug-likeness (QED) is 0.899.